The third-order valence-corrected chi connectivity index (χ3v) is 5.07. The Kier molecular flexibility index (Phi) is 6.88. The van der Waals surface area contributed by atoms with Crippen LogP contribution in [0.25, 0.3) is 0 Å². The smallest absolute Gasteiger partial charge is 0.289 e. The second-order valence-electron chi connectivity index (χ2n) is 6.81. The van der Waals surface area contributed by atoms with E-state index in [-0.39, 0.29) is 17.7 Å². The minimum Gasteiger partial charge on any atom is -0.503 e. The highest BCUT2D eigenvalue weighted by Gasteiger charge is 2.40. The number of amides is 1. The number of carbonyl (C=O) groups is 1. The van der Waals surface area contributed by atoms with Crippen molar-refractivity contribution in [2.24, 2.45) is 5.92 Å². The van der Waals surface area contributed by atoms with Crippen molar-refractivity contribution in [1.29, 1.82) is 0 Å². The summed E-state index contributed by atoms with van der Waals surface area (Å²) in [6.45, 7) is 8.01. The molecule has 2 rings (SSSR count). The fraction of sp³-hybridized carbons (Fsp3) is 0.684. The highest BCUT2D eigenvalue weighted by molar-refractivity contribution is 5.95. The average molecular weight is 333 g/mol. The van der Waals surface area contributed by atoms with Crippen molar-refractivity contribution >= 4 is 5.91 Å². The molecule has 0 spiro atoms. The van der Waals surface area contributed by atoms with Gasteiger partial charge in [-0.25, -0.2) is 4.98 Å². The van der Waals surface area contributed by atoms with Crippen molar-refractivity contribution in [3.8, 4) is 0 Å². The lowest BCUT2D eigenvalue weighted by atomic mass is 9.90. The summed E-state index contributed by atoms with van der Waals surface area (Å²) in [7, 11) is 0. The number of carbonyl (C=O) groups excluding carboxylic acids is 1. The third kappa shape index (κ3) is 4.19. The first-order valence-corrected chi connectivity index (χ1v) is 9.28. The first-order chi connectivity index (χ1) is 11.6. The molecular weight excluding hydrogens is 302 g/mol. The molecule has 2 atom stereocenters. The van der Waals surface area contributed by atoms with E-state index in [1.165, 1.54) is 0 Å². The summed E-state index contributed by atoms with van der Waals surface area (Å²) in [6.07, 6.45) is 11.5. The molecule has 24 heavy (non-hydrogen) atoms. The van der Waals surface area contributed by atoms with E-state index in [2.05, 4.69) is 25.8 Å². The molecule has 1 aliphatic heterocycles. The number of rotatable bonds is 10. The Hall–Kier alpha value is -1.78. The van der Waals surface area contributed by atoms with Crippen LogP contribution in [0.4, 0.5) is 0 Å². The standard InChI is InChI=1S/C19H31N3O2/c1-4-6-7-9-16-17(15(3)5-2)22(19(24)18(16)23)12-8-11-21-13-10-20-14-21/h10,13-15,17,23H,4-9,11-12H2,1-3H3/t15?,17-/m1/s1. The third-order valence-electron chi connectivity index (χ3n) is 5.07. The maximum Gasteiger partial charge on any atom is 0.289 e. The van der Waals surface area contributed by atoms with Crippen molar-refractivity contribution in [3.05, 3.63) is 30.1 Å². The Bertz CT molecular complexity index is 551. The fourth-order valence-electron chi connectivity index (χ4n) is 3.52. The predicted octanol–water partition coefficient (Wildman–Crippen LogP) is 3.92. The van der Waals surface area contributed by atoms with Gasteiger partial charge in [0.15, 0.2) is 5.76 Å². The summed E-state index contributed by atoms with van der Waals surface area (Å²) in [5.74, 6) is 0.194. The first-order valence-electron chi connectivity index (χ1n) is 9.28. The van der Waals surface area contributed by atoms with Gasteiger partial charge in [-0.1, -0.05) is 40.0 Å². The van der Waals surface area contributed by atoms with Crippen LogP contribution < -0.4 is 0 Å². The van der Waals surface area contributed by atoms with Crippen molar-refractivity contribution < 1.29 is 9.90 Å². The second kappa shape index (κ2) is 8.90. The van der Waals surface area contributed by atoms with E-state index < -0.39 is 0 Å². The molecule has 5 nitrogen and oxygen atoms in total. The first kappa shape index (κ1) is 18.6. The van der Waals surface area contributed by atoms with Crippen molar-refractivity contribution in [3.63, 3.8) is 0 Å². The van der Waals surface area contributed by atoms with Crippen LogP contribution in [-0.4, -0.2) is 38.1 Å². The molecule has 1 unspecified atom stereocenters. The van der Waals surface area contributed by atoms with Gasteiger partial charge in [0, 0.05) is 31.1 Å². The Morgan fingerprint density at radius 3 is 2.67 bits per heavy atom. The molecule has 1 aromatic heterocycles. The molecule has 5 heteroatoms. The molecule has 2 heterocycles. The molecular formula is C19H31N3O2. The average Bonchev–Trinajstić information content (AvgIpc) is 3.17. The summed E-state index contributed by atoms with van der Waals surface area (Å²) in [4.78, 5) is 18.5. The number of hydrogen-bond acceptors (Lipinski definition) is 3. The maximum atomic E-state index is 12.6. The fourth-order valence-corrected chi connectivity index (χ4v) is 3.52. The molecule has 0 saturated carbocycles. The van der Waals surface area contributed by atoms with Gasteiger partial charge >= 0.3 is 0 Å². The highest BCUT2D eigenvalue weighted by Crippen LogP contribution is 2.34. The maximum absolute atomic E-state index is 12.6. The lowest BCUT2D eigenvalue weighted by Crippen LogP contribution is -2.40. The van der Waals surface area contributed by atoms with Crippen LogP contribution in [-0.2, 0) is 11.3 Å². The van der Waals surface area contributed by atoms with Gasteiger partial charge in [-0.05, 0) is 25.2 Å². The number of nitrogens with zero attached hydrogens (tertiary/aromatic N) is 3. The van der Waals surface area contributed by atoms with Crippen LogP contribution in [0.1, 0.15) is 59.3 Å². The van der Waals surface area contributed by atoms with E-state index in [1.807, 2.05) is 15.7 Å². The van der Waals surface area contributed by atoms with Crippen molar-refractivity contribution in [1.82, 2.24) is 14.5 Å². The molecule has 0 aromatic carbocycles. The molecule has 1 aromatic rings. The number of imidazole rings is 1. The van der Waals surface area contributed by atoms with Crippen LogP contribution in [0, 0.1) is 5.92 Å². The van der Waals surface area contributed by atoms with Crippen LogP contribution >= 0.6 is 0 Å². The van der Waals surface area contributed by atoms with Gasteiger partial charge in [0.2, 0.25) is 0 Å². The lowest BCUT2D eigenvalue weighted by molar-refractivity contribution is -0.130. The summed E-state index contributed by atoms with van der Waals surface area (Å²) >= 11 is 0. The summed E-state index contributed by atoms with van der Waals surface area (Å²) < 4.78 is 2.02. The molecule has 1 aliphatic rings. The van der Waals surface area contributed by atoms with E-state index in [9.17, 15) is 9.90 Å². The Labute approximate surface area is 145 Å². The number of aromatic nitrogens is 2. The number of aliphatic hydroxyl groups excluding tert-OH is 1. The van der Waals surface area contributed by atoms with Gasteiger partial charge < -0.3 is 14.6 Å². The monoisotopic (exact) mass is 333 g/mol. The molecule has 1 N–H and O–H groups in total. The van der Waals surface area contributed by atoms with E-state index in [4.69, 9.17) is 0 Å². The SMILES string of the molecule is CCCCCC1=C(O)C(=O)N(CCCn2ccnc2)[C@@H]1C(C)CC. The Balaban J connectivity index is 2.04. The van der Waals surface area contributed by atoms with Crippen LogP contribution in [0.5, 0.6) is 0 Å². The molecule has 0 radical (unpaired) electrons. The second-order valence-corrected chi connectivity index (χ2v) is 6.81. The zero-order chi connectivity index (χ0) is 17.5. The van der Waals surface area contributed by atoms with Gasteiger partial charge in [0.1, 0.15) is 0 Å². The van der Waals surface area contributed by atoms with Crippen molar-refractivity contribution in [2.75, 3.05) is 6.54 Å². The molecule has 134 valence electrons. The minimum atomic E-state index is -0.183. The zero-order valence-corrected chi connectivity index (χ0v) is 15.2. The van der Waals surface area contributed by atoms with Gasteiger partial charge in [-0.15, -0.1) is 0 Å². The topological polar surface area (TPSA) is 58.4 Å². The van der Waals surface area contributed by atoms with E-state index in [0.29, 0.717) is 12.5 Å². The van der Waals surface area contributed by atoms with E-state index in [1.54, 1.807) is 12.5 Å². The zero-order valence-electron chi connectivity index (χ0n) is 15.2. The van der Waals surface area contributed by atoms with Gasteiger partial charge in [0.25, 0.3) is 5.91 Å². The van der Waals surface area contributed by atoms with Gasteiger partial charge in [-0.3, -0.25) is 4.79 Å². The predicted molar refractivity (Wildman–Crippen MR) is 95.6 cm³/mol. The minimum absolute atomic E-state index is 0.0130. The number of aliphatic hydroxyl groups is 1. The van der Waals surface area contributed by atoms with Crippen LogP contribution in [0.2, 0.25) is 0 Å². The van der Waals surface area contributed by atoms with E-state index >= 15 is 0 Å². The van der Waals surface area contributed by atoms with Crippen molar-refractivity contribution in [2.45, 2.75) is 71.9 Å². The largest absolute Gasteiger partial charge is 0.503 e. The Morgan fingerprint density at radius 2 is 2.04 bits per heavy atom. The molecule has 0 bridgehead atoms. The number of hydrogen-bond donors (Lipinski definition) is 1. The summed E-state index contributed by atoms with van der Waals surface area (Å²) in [5.41, 5.74) is 0.963. The Morgan fingerprint density at radius 1 is 1.25 bits per heavy atom. The molecule has 0 saturated heterocycles. The molecule has 0 fully saturated rings. The normalized spacial score (nSPS) is 19.4. The number of unbranched alkanes of at least 4 members (excludes halogenated alkanes) is 2. The van der Waals surface area contributed by atoms with Crippen LogP contribution in [0.3, 0.4) is 0 Å². The van der Waals surface area contributed by atoms with Crippen LogP contribution in [0.15, 0.2) is 30.1 Å². The quantitative estimate of drug-likeness (QED) is 0.660. The number of aryl methyl sites for hydroxylation is 1. The summed E-state index contributed by atoms with van der Waals surface area (Å²) in [6, 6.07) is 0.0575. The lowest BCUT2D eigenvalue weighted by Gasteiger charge is -2.31. The molecule has 0 aliphatic carbocycles. The van der Waals surface area contributed by atoms with Gasteiger partial charge in [0.05, 0.1) is 12.4 Å². The highest BCUT2D eigenvalue weighted by atomic mass is 16.3. The summed E-state index contributed by atoms with van der Waals surface area (Å²) in [5, 5.41) is 10.4. The van der Waals surface area contributed by atoms with E-state index in [0.717, 1.165) is 50.6 Å². The molecule has 1 amide bonds. The van der Waals surface area contributed by atoms with Gasteiger partial charge in [-0.2, -0.15) is 0 Å².